The third-order valence-corrected chi connectivity index (χ3v) is 1.81. The van der Waals surface area contributed by atoms with Crippen LogP contribution < -0.4 is 10.6 Å². The van der Waals surface area contributed by atoms with Crippen molar-refractivity contribution in [3.05, 3.63) is 17.0 Å². The van der Waals surface area contributed by atoms with Gasteiger partial charge < -0.3 is 10.6 Å². The molecule has 1 heterocycles. The van der Waals surface area contributed by atoms with Crippen LogP contribution in [-0.2, 0) is 9.59 Å². The maximum absolute atomic E-state index is 11.2. The SMILES string of the molecule is N#CCNC(=O)C(=O)Nc1cnc(Br)cn1. The lowest BCUT2D eigenvalue weighted by Gasteiger charge is -2.02. The first-order chi connectivity index (χ1) is 7.63. The second kappa shape index (κ2) is 5.77. The number of halogens is 1. The summed E-state index contributed by atoms with van der Waals surface area (Å²) in [6.07, 6.45) is 2.67. The molecule has 0 atom stereocenters. The van der Waals surface area contributed by atoms with Crippen molar-refractivity contribution in [3.8, 4) is 6.07 Å². The van der Waals surface area contributed by atoms with Crippen LogP contribution in [0.25, 0.3) is 0 Å². The van der Waals surface area contributed by atoms with E-state index in [0.29, 0.717) is 4.60 Å². The number of amides is 2. The Morgan fingerprint density at radius 2 is 2.12 bits per heavy atom. The molecule has 7 nitrogen and oxygen atoms in total. The molecule has 1 rings (SSSR count). The molecule has 0 aliphatic rings. The Morgan fingerprint density at radius 1 is 1.38 bits per heavy atom. The van der Waals surface area contributed by atoms with Gasteiger partial charge in [0.05, 0.1) is 18.5 Å². The summed E-state index contributed by atoms with van der Waals surface area (Å²) in [6.45, 7) is -0.224. The van der Waals surface area contributed by atoms with Crippen molar-refractivity contribution in [3.63, 3.8) is 0 Å². The van der Waals surface area contributed by atoms with Crippen molar-refractivity contribution in [2.45, 2.75) is 0 Å². The largest absolute Gasteiger partial charge is 0.335 e. The van der Waals surface area contributed by atoms with Gasteiger partial charge in [-0.15, -0.1) is 0 Å². The van der Waals surface area contributed by atoms with Gasteiger partial charge in [-0.25, -0.2) is 9.97 Å². The predicted octanol–water partition coefficient (Wildman–Crippen LogP) is -0.183. The molecule has 0 radical (unpaired) electrons. The minimum Gasteiger partial charge on any atom is -0.335 e. The van der Waals surface area contributed by atoms with Crippen molar-refractivity contribution >= 4 is 33.6 Å². The first kappa shape index (κ1) is 12.1. The third-order valence-electron chi connectivity index (χ3n) is 1.40. The number of nitrogens with zero attached hydrogens (tertiary/aromatic N) is 3. The summed E-state index contributed by atoms with van der Waals surface area (Å²) in [5.74, 6) is -1.64. The molecule has 1 aromatic rings. The molecule has 1 aromatic heterocycles. The lowest BCUT2D eigenvalue weighted by molar-refractivity contribution is -0.136. The first-order valence-electron chi connectivity index (χ1n) is 4.07. The van der Waals surface area contributed by atoms with E-state index in [4.69, 9.17) is 5.26 Å². The molecular formula is C8H6BrN5O2. The lowest BCUT2D eigenvalue weighted by atomic mass is 10.5. The lowest BCUT2D eigenvalue weighted by Crippen LogP contribution is -2.35. The topological polar surface area (TPSA) is 108 Å². The molecule has 0 saturated carbocycles. The van der Waals surface area contributed by atoms with E-state index in [1.54, 1.807) is 6.07 Å². The maximum Gasteiger partial charge on any atom is 0.314 e. The summed E-state index contributed by atoms with van der Waals surface area (Å²) < 4.78 is 0.513. The van der Waals surface area contributed by atoms with Gasteiger partial charge in [0.15, 0.2) is 5.82 Å². The van der Waals surface area contributed by atoms with E-state index >= 15 is 0 Å². The Kier molecular flexibility index (Phi) is 4.35. The van der Waals surface area contributed by atoms with Crippen molar-refractivity contribution in [1.82, 2.24) is 15.3 Å². The number of anilines is 1. The fourth-order valence-corrected chi connectivity index (χ4v) is 0.955. The zero-order chi connectivity index (χ0) is 12.0. The Hall–Kier alpha value is -2.01. The molecule has 0 unspecified atom stereocenters. The molecule has 8 heteroatoms. The summed E-state index contributed by atoms with van der Waals surface area (Å²) in [7, 11) is 0. The smallest absolute Gasteiger partial charge is 0.314 e. The Morgan fingerprint density at radius 3 is 2.69 bits per heavy atom. The highest BCUT2D eigenvalue weighted by molar-refractivity contribution is 9.10. The van der Waals surface area contributed by atoms with Crippen LogP contribution in [0.4, 0.5) is 5.82 Å². The number of carbonyl (C=O) groups excluding carboxylic acids is 2. The molecule has 0 saturated heterocycles. The van der Waals surface area contributed by atoms with Crippen molar-refractivity contribution in [1.29, 1.82) is 5.26 Å². The van der Waals surface area contributed by atoms with Crippen molar-refractivity contribution in [2.75, 3.05) is 11.9 Å². The van der Waals surface area contributed by atoms with Gasteiger partial charge in [0.25, 0.3) is 0 Å². The van der Waals surface area contributed by atoms with Gasteiger partial charge in [-0.05, 0) is 15.9 Å². The Labute approximate surface area is 99.0 Å². The molecule has 0 bridgehead atoms. The predicted molar refractivity (Wildman–Crippen MR) is 57.0 cm³/mol. The maximum atomic E-state index is 11.2. The molecule has 0 spiro atoms. The van der Waals surface area contributed by atoms with Gasteiger partial charge in [-0.2, -0.15) is 5.26 Å². The van der Waals surface area contributed by atoms with E-state index in [-0.39, 0.29) is 12.4 Å². The number of aromatic nitrogens is 2. The van der Waals surface area contributed by atoms with Crippen LogP contribution in [0, 0.1) is 11.3 Å². The van der Waals surface area contributed by atoms with Crippen LogP contribution in [-0.4, -0.2) is 28.3 Å². The average molecular weight is 284 g/mol. The highest BCUT2D eigenvalue weighted by Crippen LogP contribution is 2.05. The number of carbonyl (C=O) groups is 2. The van der Waals surface area contributed by atoms with Gasteiger partial charge in [-0.1, -0.05) is 0 Å². The minimum atomic E-state index is -0.897. The quantitative estimate of drug-likeness (QED) is 0.578. The van der Waals surface area contributed by atoms with E-state index < -0.39 is 11.8 Å². The Balaban J connectivity index is 2.55. The van der Waals surface area contributed by atoms with E-state index in [0.717, 1.165) is 0 Å². The van der Waals surface area contributed by atoms with E-state index in [2.05, 4.69) is 36.5 Å². The van der Waals surface area contributed by atoms with Crippen LogP contribution in [0.15, 0.2) is 17.0 Å². The Bertz CT molecular complexity index is 439. The molecular weight excluding hydrogens is 278 g/mol. The molecule has 2 N–H and O–H groups in total. The number of rotatable bonds is 2. The van der Waals surface area contributed by atoms with Crippen molar-refractivity contribution in [2.24, 2.45) is 0 Å². The number of nitriles is 1. The standard InChI is InChI=1S/C8H6BrN5O2/c9-5-3-13-6(4-12-5)14-8(16)7(15)11-2-1-10/h3-4H,2H2,(H,11,15)(H,13,14,16). The van der Waals surface area contributed by atoms with Gasteiger partial charge in [-0.3, -0.25) is 9.59 Å². The van der Waals surface area contributed by atoms with Crippen molar-refractivity contribution < 1.29 is 9.59 Å². The van der Waals surface area contributed by atoms with Gasteiger partial charge >= 0.3 is 11.8 Å². The first-order valence-corrected chi connectivity index (χ1v) is 4.86. The molecule has 0 aliphatic carbocycles. The molecule has 2 amide bonds. The second-order valence-corrected chi connectivity index (χ2v) is 3.33. The highest BCUT2D eigenvalue weighted by Gasteiger charge is 2.13. The van der Waals surface area contributed by atoms with Gasteiger partial charge in [0.2, 0.25) is 0 Å². The van der Waals surface area contributed by atoms with Crippen LogP contribution in [0.3, 0.4) is 0 Å². The fraction of sp³-hybridized carbons (Fsp3) is 0.125. The third kappa shape index (κ3) is 3.62. The van der Waals surface area contributed by atoms with Gasteiger partial charge in [0.1, 0.15) is 11.1 Å². The van der Waals surface area contributed by atoms with E-state index in [9.17, 15) is 9.59 Å². The molecule has 16 heavy (non-hydrogen) atoms. The molecule has 82 valence electrons. The van der Waals surface area contributed by atoms with Crippen LogP contribution >= 0.6 is 15.9 Å². The molecule has 0 aromatic carbocycles. The fourth-order valence-electron chi connectivity index (χ4n) is 0.750. The van der Waals surface area contributed by atoms with Gasteiger partial charge in [0, 0.05) is 0 Å². The van der Waals surface area contributed by atoms with E-state index in [1.807, 2.05) is 0 Å². The van der Waals surface area contributed by atoms with Crippen LogP contribution in [0.2, 0.25) is 0 Å². The average Bonchev–Trinajstić information content (AvgIpc) is 2.29. The summed E-state index contributed by atoms with van der Waals surface area (Å²) in [6, 6.07) is 1.68. The zero-order valence-corrected chi connectivity index (χ0v) is 9.48. The zero-order valence-electron chi connectivity index (χ0n) is 7.90. The minimum absolute atomic E-state index is 0.153. The summed E-state index contributed by atoms with van der Waals surface area (Å²) >= 11 is 3.07. The summed E-state index contributed by atoms with van der Waals surface area (Å²) in [5, 5.41) is 12.5. The van der Waals surface area contributed by atoms with Crippen LogP contribution in [0.5, 0.6) is 0 Å². The number of hydrogen-bond donors (Lipinski definition) is 2. The second-order valence-electron chi connectivity index (χ2n) is 2.52. The van der Waals surface area contributed by atoms with Crippen LogP contribution in [0.1, 0.15) is 0 Å². The number of nitrogens with one attached hydrogen (secondary N) is 2. The highest BCUT2D eigenvalue weighted by atomic mass is 79.9. The molecule has 0 fully saturated rings. The summed E-state index contributed by atoms with van der Waals surface area (Å²) in [5.41, 5.74) is 0. The molecule has 0 aliphatic heterocycles. The van der Waals surface area contributed by atoms with E-state index in [1.165, 1.54) is 12.4 Å². The monoisotopic (exact) mass is 283 g/mol. The normalized spacial score (nSPS) is 9.00. The summed E-state index contributed by atoms with van der Waals surface area (Å²) in [4.78, 5) is 29.8. The number of hydrogen-bond acceptors (Lipinski definition) is 5.